The van der Waals surface area contributed by atoms with E-state index in [1.807, 2.05) is 6.26 Å². The van der Waals surface area contributed by atoms with Gasteiger partial charge in [0.25, 0.3) is 0 Å². The Morgan fingerprint density at radius 3 is 2.93 bits per heavy atom. The molecule has 2 atom stereocenters. The van der Waals surface area contributed by atoms with Crippen LogP contribution in [0.3, 0.4) is 0 Å². The van der Waals surface area contributed by atoms with Crippen LogP contribution in [-0.2, 0) is 4.74 Å². The largest absolute Gasteiger partial charge is 0.501 e. The molecule has 1 N–H and O–H groups in total. The number of hydrogen-bond donors (Lipinski definition) is 1. The van der Waals surface area contributed by atoms with Crippen LogP contribution in [0.2, 0.25) is 0 Å². The van der Waals surface area contributed by atoms with Crippen molar-refractivity contribution < 1.29 is 9.84 Å². The minimum atomic E-state index is -0.557. The first-order chi connectivity index (χ1) is 6.73. The van der Waals surface area contributed by atoms with Crippen LogP contribution in [0.25, 0.3) is 0 Å². The van der Waals surface area contributed by atoms with E-state index >= 15 is 0 Å². The first-order valence-electron chi connectivity index (χ1n) is 5.77. The standard InChI is InChI=1S/C12H20O2/c1-10-5-2-3-7-12(10,13)11-6-4-8-14-9-11/h9-10,13H,2-8H2,1H3. The molecule has 0 radical (unpaired) electrons. The predicted octanol–water partition coefficient (Wildman–Crippen LogP) is 2.62. The van der Waals surface area contributed by atoms with Crippen LogP contribution < -0.4 is 0 Å². The molecule has 2 aliphatic rings. The third kappa shape index (κ3) is 1.68. The Kier molecular flexibility index (Phi) is 2.82. The molecule has 0 amide bonds. The molecule has 2 unspecified atom stereocenters. The molecule has 14 heavy (non-hydrogen) atoms. The van der Waals surface area contributed by atoms with Crippen molar-refractivity contribution in [2.45, 2.75) is 51.0 Å². The zero-order valence-electron chi connectivity index (χ0n) is 8.96. The Morgan fingerprint density at radius 2 is 2.29 bits per heavy atom. The Bertz CT molecular complexity index is 234. The summed E-state index contributed by atoms with van der Waals surface area (Å²) in [6.45, 7) is 2.97. The van der Waals surface area contributed by atoms with Crippen LogP contribution in [-0.4, -0.2) is 17.3 Å². The molecule has 1 saturated carbocycles. The van der Waals surface area contributed by atoms with Crippen molar-refractivity contribution in [3.05, 3.63) is 11.8 Å². The van der Waals surface area contributed by atoms with E-state index in [-0.39, 0.29) is 0 Å². The SMILES string of the molecule is CC1CCCCC1(O)C1=COCCC1. The smallest absolute Gasteiger partial charge is 0.0914 e. The minimum Gasteiger partial charge on any atom is -0.501 e. The van der Waals surface area contributed by atoms with Crippen molar-refractivity contribution in [3.8, 4) is 0 Å². The lowest BCUT2D eigenvalue weighted by atomic mass is 9.71. The van der Waals surface area contributed by atoms with Gasteiger partial charge in [0.05, 0.1) is 18.5 Å². The summed E-state index contributed by atoms with van der Waals surface area (Å²) in [5, 5.41) is 10.6. The molecule has 80 valence electrons. The van der Waals surface area contributed by atoms with Gasteiger partial charge >= 0.3 is 0 Å². The fourth-order valence-electron chi connectivity index (χ4n) is 2.69. The topological polar surface area (TPSA) is 29.5 Å². The molecule has 2 nitrogen and oxygen atoms in total. The zero-order valence-corrected chi connectivity index (χ0v) is 8.96. The van der Waals surface area contributed by atoms with E-state index in [2.05, 4.69) is 6.92 Å². The molecular formula is C12H20O2. The maximum atomic E-state index is 10.6. The van der Waals surface area contributed by atoms with Crippen molar-refractivity contribution in [2.75, 3.05) is 6.61 Å². The van der Waals surface area contributed by atoms with E-state index in [0.717, 1.165) is 44.3 Å². The van der Waals surface area contributed by atoms with E-state index in [1.54, 1.807) is 0 Å². The first-order valence-corrected chi connectivity index (χ1v) is 5.77. The van der Waals surface area contributed by atoms with Gasteiger partial charge in [0.1, 0.15) is 0 Å². The lowest BCUT2D eigenvalue weighted by Gasteiger charge is -2.40. The zero-order chi connectivity index (χ0) is 10.0. The second-order valence-electron chi connectivity index (χ2n) is 4.69. The highest BCUT2D eigenvalue weighted by atomic mass is 16.5. The van der Waals surface area contributed by atoms with Gasteiger partial charge in [0, 0.05) is 0 Å². The van der Waals surface area contributed by atoms with Gasteiger partial charge < -0.3 is 9.84 Å². The maximum absolute atomic E-state index is 10.6. The van der Waals surface area contributed by atoms with E-state index in [1.165, 1.54) is 6.42 Å². The summed E-state index contributed by atoms with van der Waals surface area (Å²) < 4.78 is 5.33. The molecule has 0 saturated heterocycles. The minimum absolute atomic E-state index is 0.393. The monoisotopic (exact) mass is 196 g/mol. The predicted molar refractivity (Wildman–Crippen MR) is 55.9 cm³/mol. The highest BCUT2D eigenvalue weighted by Gasteiger charge is 2.39. The molecule has 0 aromatic carbocycles. The quantitative estimate of drug-likeness (QED) is 0.698. The fourth-order valence-corrected chi connectivity index (χ4v) is 2.69. The Labute approximate surface area is 86.0 Å². The average Bonchev–Trinajstić information content (AvgIpc) is 2.24. The van der Waals surface area contributed by atoms with E-state index < -0.39 is 5.60 Å². The summed E-state index contributed by atoms with van der Waals surface area (Å²) in [5.74, 6) is 0.393. The molecule has 0 spiro atoms. The fraction of sp³-hybridized carbons (Fsp3) is 0.833. The molecule has 1 aliphatic heterocycles. The molecule has 0 aromatic rings. The third-order valence-corrected chi connectivity index (χ3v) is 3.75. The summed E-state index contributed by atoms with van der Waals surface area (Å²) >= 11 is 0. The van der Waals surface area contributed by atoms with Crippen LogP contribution in [0.4, 0.5) is 0 Å². The highest BCUT2D eigenvalue weighted by molar-refractivity contribution is 5.18. The number of hydrogen-bond acceptors (Lipinski definition) is 2. The van der Waals surface area contributed by atoms with Crippen LogP contribution >= 0.6 is 0 Å². The Hall–Kier alpha value is -0.500. The Balaban J connectivity index is 2.15. The van der Waals surface area contributed by atoms with Gasteiger partial charge in [0.15, 0.2) is 0 Å². The second-order valence-corrected chi connectivity index (χ2v) is 4.69. The molecular weight excluding hydrogens is 176 g/mol. The van der Waals surface area contributed by atoms with E-state index in [4.69, 9.17) is 4.74 Å². The van der Waals surface area contributed by atoms with Crippen molar-refractivity contribution in [2.24, 2.45) is 5.92 Å². The van der Waals surface area contributed by atoms with Crippen LogP contribution in [0.1, 0.15) is 45.4 Å². The van der Waals surface area contributed by atoms with Crippen LogP contribution in [0.5, 0.6) is 0 Å². The maximum Gasteiger partial charge on any atom is 0.0914 e. The lowest BCUT2D eigenvalue weighted by molar-refractivity contribution is -0.0168. The summed E-state index contributed by atoms with van der Waals surface area (Å²) in [4.78, 5) is 0. The molecule has 2 heteroatoms. The van der Waals surface area contributed by atoms with Gasteiger partial charge in [-0.2, -0.15) is 0 Å². The molecule has 0 bridgehead atoms. The van der Waals surface area contributed by atoms with Gasteiger partial charge in [-0.15, -0.1) is 0 Å². The van der Waals surface area contributed by atoms with Crippen LogP contribution in [0.15, 0.2) is 11.8 Å². The van der Waals surface area contributed by atoms with Crippen molar-refractivity contribution in [1.82, 2.24) is 0 Å². The molecule has 1 heterocycles. The summed E-state index contributed by atoms with van der Waals surface area (Å²) in [6, 6.07) is 0. The van der Waals surface area contributed by atoms with Crippen LogP contribution in [0, 0.1) is 5.92 Å². The Morgan fingerprint density at radius 1 is 1.43 bits per heavy atom. The third-order valence-electron chi connectivity index (χ3n) is 3.75. The van der Waals surface area contributed by atoms with E-state index in [0.29, 0.717) is 5.92 Å². The van der Waals surface area contributed by atoms with Crippen molar-refractivity contribution >= 4 is 0 Å². The molecule has 1 aliphatic carbocycles. The number of ether oxygens (including phenoxy) is 1. The number of rotatable bonds is 1. The van der Waals surface area contributed by atoms with Gasteiger partial charge in [-0.1, -0.05) is 19.8 Å². The molecule has 0 aromatic heterocycles. The van der Waals surface area contributed by atoms with Gasteiger partial charge in [0.2, 0.25) is 0 Å². The second kappa shape index (κ2) is 3.93. The molecule has 2 rings (SSSR count). The van der Waals surface area contributed by atoms with E-state index in [9.17, 15) is 5.11 Å². The molecule has 1 fully saturated rings. The lowest BCUT2D eigenvalue weighted by Crippen LogP contribution is -2.41. The van der Waals surface area contributed by atoms with Crippen molar-refractivity contribution in [3.63, 3.8) is 0 Å². The summed E-state index contributed by atoms with van der Waals surface area (Å²) in [5.41, 5.74) is 0.578. The summed E-state index contributed by atoms with van der Waals surface area (Å²) in [7, 11) is 0. The van der Waals surface area contributed by atoms with Gasteiger partial charge in [-0.05, 0) is 37.2 Å². The van der Waals surface area contributed by atoms with Gasteiger partial charge in [-0.25, -0.2) is 0 Å². The van der Waals surface area contributed by atoms with Gasteiger partial charge in [-0.3, -0.25) is 0 Å². The van der Waals surface area contributed by atoms with Crippen molar-refractivity contribution in [1.29, 1.82) is 0 Å². The average molecular weight is 196 g/mol. The highest BCUT2D eigenvalue weighted by Crippen LogP contribution is 2.41. The number of aliphatic hydroxyl groups is 1. The summed E-state index contributed by atoms with van der Waals surface area (Å²) in [6.07, 6.45) is 8.36. The normalized spacial score (nSPS) is 38.7. The first kappa shape index (κ1) is 10.0.